The molecule has 16 heavy (non-hydrogen) atoms. The van der Waals surface area contributed by atoms with E-state index in [1.165, 1.54) is 0 Å². The summed E-state index contributed by atoms with van der Waals surface area (Å²) in [5.74, 6) is 0.957. The molecule has 1 nitrogen and oxygen atoms in total. The van der Waals surface area contributed by atoms with Crippen molar-refractivity contribution in [2.75, 3.05) is 11.9 Å². The first-order chi connectivity index (χ1) is 7.35. The van der Waals surface area contributed by atoms with Crippen LogP contribution in [0.5, 0.6) is 5.75 Å². The fourth-order valence-corrected chi connectivity index (χ4v) is 1.92. The van der Waals surface area contributed by atoms with E-state index in [0.29, 0.717) is 6.61 Å². The zero-order valence-electron chi connectivity index (χ0n) is 10.2. The molecule has 0 atom stereocenters. The number of aryl methyl sites for hydroxylation is 2. The number of hydrogen-bond donors (Lipinski definition) is 0. The van der Waals surface area contributed by atoms with Gasteiger partial charge in [-0.1, -0.05) is 41.4 Å². The Morgan fingerprint density at radius 2 is 1.75 bits per heavy atom. The molecule has 1 aromatic rings. The van der Waals surface area contributed by atoms with Gasteiger partial charge in [0.2, 0.25) is 0 Å². The van der Waals surface area contributed by atoms with Crippen molar-refractivity contribution in [1.29, 1.82) is 0 Å². The van der Waals surface area contributed by atoms with Gasteiger partial charge in [-0.2, -0.15) is 0 Å². The average molecular weight is 306 g/mol. The average Bonchev–Trinajstić information content (AvgIpc) is 2.16. The van der Waals surface area contributed by atoms with Gasteiger partial charge in [0.05, 0.1) is 6.61 Å². The van der Waals surface area contributed by atoms with Gasteiger partial charge in [-0.25, -0.2) is 0 Å². The lowest BCUT2D eigenvalue weighted by molar-refractivity contribution is 0.201. The summed E-state index contributed by atoms with van der Waals surface area (Å²) in [5.41, 5.74) is 2.32. The molecule has 0 N–H and O–H groups in total. The Morgan fingerprint density at radius 1 is 1.25 bits per heavy atom. The van der Waals surface area contributed by atoms with Crippen molar-refractivity contribution >= 4 is 27.5 Å². The van der Waals surface area contributed by atoms with E-state index in [1.807, 2.05) is 26.0 Å². The van der Waals surface area contributed by atoms with Crippen molar-refractivity contribution in [3.05, 3.63) is 28.3 Å². The second-order valence-corrected chi connectivity index (χ2v) is 5.95. The van der Waals surface area contributed by atoms with Crippen LogP contribution in [0.15, 0.2) is 12.1 Å². The number of halogens is 2. The Bertz CT molecular complexity index is 351. The summed E-state index contributed by atoms with van der Waals surface area (Å²) in [6.07, 6.45) is 0. The van der Waals surface area contributed by atoms with Gasteiger partial charge in [0.25, 0.3) is 0 Å². The molecule has 90 valence electrons. The van der Waals surface area contributed by atoms with Gasteiger partial charge in [-0.15, -0.1) is 0 Å². The largest absolute Gasteiger partial charge is 0.492 e. The van der Waals surface area contributed by atoms with Crippen molar-refractivity contribution < 1.29 is 4.74 Å². The molecular formula is C13H18BrClO. The van der Waals surface area contributed by atoms with E-state index in [2.05, 4.69) is 29.8 Å². The summed E-state index contributed by atoms with van der Waals surface area (Å²) in [5, 5.41) is 1.69. The van der Waals surface area contributed by atoms with E-state index in [1.54, 1.807) is 0 Å². The minimum atomic E-state index is 0.137. The molecule has 1 rings (SSSR count). The van der Waals surface area contributed by atoms with Gasteiger partial charge in [0, 0.05) is 15.8 Å². The van der Waals surface area contributed by atoms with Gasteiger partial charge in [-0.3, -0.25) is 0 Å². The highest BCUT2D eigenvalue weighted by Gasteiger charge is 2.18. The first kappa shape index (κ1) is 13.9. The molecule has 0 fully saturated rings. The van der Waals surface area contributed by atoms with Gasteiger partial charge < -0.3 is 4.74 Å². The lowest BCUT2D eigenvalue weighted by Crippen LogP contribution is -2.23. The topological polar surface area (TPSA) is 9.23 Å². The first-order valence-corrected chi connectivity index (χ1v) is 6.81. The Balaban J connectivity index is 2.82. The van der Waals surface area contributed by atoms with Crippen molar-refractivity contribution in [1.82, 2.24) is 0 Å². The third-order valence-corrected chi connectivity index (χ3v) is 4.13. The monoisotopic (exact) mass is 304 g/mol. The predicted molar refractivity (Wildman–Crippen MR) is 74.0 cm³/mol. The molecule has 0 aliphatic rings. The first-order valence-electron chi connectivity index (χ1n) is 5.31. The van der Waals surface area contributed by atoms with E-state index in [0.717, 1.165) is 27.2 Å². The third-order valence-electron chi connectivity index (χ3n) is 2.39. The van der Waals surface area contributed by atoms with Crippen LogP contribution in [0.3, 0.4) is 0 Å². The summed E-state index contributed by atoms with van der Waals surface area (Å²) in [4.78, 5) is 0. The van der Waals surface area contributed by atoms with Crippen LogP contribution in [0.2, 0.25) is 5.02 Å². The molecule has 0 bridgehead atoms. The maximum absolute atomic E-state index is 5.98. The number of alkyl halides is 1. The zero-order chi connectivity index (χ0) is 12.3. The summed E-state index contributed by atoms with van der Waals surface area (Å²) in [7, 11) is 0. The van der Waals surface area contributed by atoms with Crippen molar-refractivity contribution in [2.24, 2.45) is 5.41 Å². The van der Waals surface area contributed by atoms with E-state index >= 15 is 0 Å². The normalized spacial score (nSPS) is 11.6. The van der Waals surface area contributed by atoms with Gasteiger partial charge in [0.15, 0.2) is 0 Å². The smallest absolute Gasteiger partial charge is 0.125 e. The van der Waals surface area contributed by atoms with Crippen LogP contribution >= 0.6 is 27.5 Å². The second-order valence-electron chi connectivity index (χ2n) is 4.96. The molecule has 0 amide bonds. The van der Waals surface area contributed by atoms with E-state index in [-0.39, 0.29) is 5.41 Å². The van der Waals surface area contributed by atoms with Crippen LogP contribution in [-0.4, -0.2) is 11.9 Å². The summed E-state index contributed by atoms with van der Waals surface area (Å²) < 4.78 is 5.89. The standard InChI is InChI=1S/C13H18BrClO/c1-9-5-11(15)6-10(2)12(9)16-8-13(3,4)7-14/h5-6H,7-8H2,1-4H3. The molecule has 0 heterocycles. The molecule has 1 aromatic carbocycles. The van der Waals surface area contributed by atoms with Gasteiger partial charge in [0.1, 0.15) is 5.75 Å². The lowest BCUT2D eigenvalue weighted by Gasteiger charge is -2.23. The maximum atomic E-state index is 5.98. The van der Waals surface area contributed by atoms with Crippen LogP contribution in [0.4, 0.5) is 0 Å². The van der Waals surface area contributed by atoms with Crippen LogP contribution in [0, 0.1) is 19.3 Å². The fraction of sp³-hybridized carbons (Fsp3) is 0.538. The maximum Gasteiger partial charge on any atom is 0.125 e. The second kappa shape index (κ2) is 5.42. The zero-order valence-corrected chi connectivity index (χ0v) is 12.6. The number of hydrogen-bond acceptors (Lipinski definition) is 1. The molecule has 0 aliphatic carbocycles. The predicted octanol–water partition coefficient (Wildman–Crippen LogP) is 4.76. The molecule has 0 radical (unpaired) electrons. The minimum absolute atomic E-state index is 0.137. The Labute approximate surface area is 111 Å². The number of benzene rings is 1. The Hall–Kier alpha value is -0.210. The summed E-state index contributed by atoms with van der Waals surface area (Å²) in [6, 6.07) is 3.87. The minimum Gasteiger partial charge on any atom is -0.492 e. The molecule has 3 heteroatoms. The summed E-state index contributed by atoms with van der Waals surface area (Å²) >= 11 is 9.47. The molecule has 0 aliphatic heterocycles. The van der Waals surface area contributed by atoms with E-state index in [4.69, 9.17) is 16.3 Å². The highest BCUT2D eigenvalue weighted by Crippen LogP contribution is 2.29. The Kier molecular flexibility index (Phi) is 4.69. The lowest BCUT2D eigenvalue weighted by atomic mass is 9.98. The summed E-state index contributed by atoms with van der Waals surface area (Å²) in [6.45, 7) is 9.08. The number of ether oxygens (including phenoxy) is 1. The van der Waals surface area contributed by atoms with E-state index in [9.17, 15) is 0 Å². The molecule has 0 spiro atoms. The molecule has 0 saturated carbocycles. The SMILES string of the molecule is Cc1cc(Cl)cc(C)c1OCC(C)(C)CBr. The van der Waals surface area contributed by atoms with Crippen LogP contribution in [-0.2, 0) is 0 Å². The van der Waals surface area contributed by atoms with Crippen molar-refractivity contribution in [3.8, 4) is 5.75 Å². The third kappa shape index (κ3) is 3.67. The molecule has 0 saturated heterocycles. The van der Waals surface area contributed by atoms with Crippen molar-refractivity contribution in [2.45, 2.75) is 27.7 Å². The van der Waals surface area contributed by atoms with Crippen LogP contribution in [0.1, 0.15) is 25.0 Å². The van der Waals surface area contributed by atoms with Gasteiger partial charge in [-0.05, 0) is 37.1 Å². The van der Waals surface area contributed by atoms with Gasteiger partial charge >= 0.3 is 0 Å². The highest BCUT2D eigenvalue weighted by atomic mass is 79.9. The highest BCUT2D eigenvalue weighted by molar-refractivity contribution is 9.09. The molecular weight excluding hydrogens is 287 g/mol. The van der Waals surface area contributed by atoms with Crippen LogP contribution in [0.25, 0.3) is 0 Å². The molecule has 0 aromatic heterocycles. The molecule has 0 unspecified atom stereocenters. The number of rotatable bonds is 4. The Morgan fingerprint density at radius 3 is 2.19 bits per heavy atom. The van der Waals surface area contributed by atoms with E-state index < -0.39 is 0 Å². The van der Waals surface area contributed by atoms with Crippen LogP contribution < -0.4 is 4.74 Å². The van der Waals surface area contributed by atoms with Crippen molar-refractivity contribution in [3.63, 3.8) is 0 Å². The fourth-order valence-electron chi connectivity index (χ4n) is 1.43. The quantitative estimate of drug-likeness (QED) is 0.729.